The third-order valence-electron chi connectivity index (χ3n) is 4.28. The summed E-state index contributed by atoms with van der Waals surface area (Å²) in [6.07, 6.45) is 1.57. The minimum atomic E-state index is -0.446. The minimum Gasteiger partial charge on any atom is -0.296 e. The van der Waals surface area contributed by atoms with Crippen molar-refractivity contribution in [2.75, 3.05) is 5.32 Å². The van der Waals surface area contributed by atoms with Gasteiger partial charge < -0.3 is 0 Å². The van der Waals surface area contributed by atoms with Gasteiger partial charge in [0.1, 0.15) is 0 Å². The average Bonchev–Trinajstić information content (AvgIpc) is 3.37. The van der Waals surface area contributed by atoms with Gasteiger partial charge in [0.25, 0.3) is 22.7 Å². The molecule has 0 radical (unpaired) electrons. The number of hydrogen-bond acceptors (Lipinski definition) is 10. The summed E-state index contributed by atoms with van der Waals surface area (Å²) in [7, 11) is 0. The van der Waals surface area contributed by atoms with Crippen LogP contribution in [0.5, 0.6) is 0 Å². The van der Waals surface area contributed by atoms with E-state index in [2.05, 4.69) is 20.8 Å². The smallest absolute Gasteiger partial charge is 0.290 e. The van der Waals surface area contributed by atoms with Crippen molar-refractivity contribution in [3.63, 3.8) is 0 Å². The molecule has 0 atom stereocenters. The van der Waals surface area contributed by atoms with Crippen LogP contribution in [0.2, 0.25) is 0 Å². The number of aromatic nitrogens is 2. The molecule has 2 heterocycles. The zero-order valence-electron chi connectivity index (χ0n) is 16.5. The van der Waals surface area contributed by atoms with E-state index in [1.54, 1.807) is 48.5 Å². The number of thioether (sulfide) groups is 2. The van der Waals surface area contributed by atoms with Gasteiger partial charge in [-0.05, 0) is 35.5 Å². The number of anilines is 1. The Hall–Kier alpha value is -3.55. The van der Waals surface area contributed by atoms with Crippen LogP contribution in [0.25, 0.3) is 6.08 Å². The Labute approximate surface area is 199 Å². The van der Waals surface area contributed by atoms with Crippen LogP contribution in [0, 0.1) is 10.1 Å². The summed E-state index contributed by atoms with van der Waals surface area (Å²) in [5.74, 6) is -0.485. The molecule has 0 aliphatic carbocycles. The number of imide groups is 1. The molecule has 1 aromatic heterocycles. The molecule has 166 valence electrons. The number of carbonyl (C=O) groups excluding carboxylic acids is 3. The van der Waals surface area contributed by atoms with Crippen molar-refractivity contribution >= 4 is 68.8 Å². The SMILES string of the molecule is O=C1NC(=O)/C(=C\c2ccc(C(=O)Nc3nnc(SCc4ccccc4[N+](=O)[O-])s3)cc2)S1. The first-order valence-corrected chi connectivity index (χ1v) is 11.9. The van der Waals surface area contributed by atoms with Crippen molar-refractivity contribution in [1.82, 2.24) is 15.5 Å². The lowest BCUT2D eigenvalue weighted by molar-refractivity contribution is -0.385. The molecule has 13 heteroatoms. The Kier molecular flexibility index (Phi) is 6.82. The highest BCUT2D eigenvalue weighted by molar-refractivity contribution is 8.18. The Bertz CT molecular complexity index is 1290. The van der Waals surface area contributed by atoms with Gasteiger partial charge in [0.05, 0.1) is 9.83 Å². The van der Waals surface area contributed by atoms with E-state index in [9.17, 15) is 24.5 Å². The molecule has 3 amide bonds. The molecule has 4 rings (SSSR count). The van der Waals surface area contributed by atoms with Crippen molar-refractivity contribution in [2.24, 2.45) is 0 Å². The van der Waals surface area contributed by atoms with Crippen LogP contribution in [0.4, 0.5) is 15.6 Å². The molecule has 0 unspecified atom stereocenters. The third kappa shape index (κ3) is 5.63. The maximum atomic E-state index is 12.5. The van der Waals surface area contributed by atoms with Gasteiger partial charge in [0.15, 0.2) is 4.34 Å². The van der Waals surface area contributed by atoms with Crippen LogP contribution in [-0.2, 0) is 10.5 Å². The molecule has 33 heavy (non-hydrogen) atoms. The Balaban J connectivity index is 1.36. The Morgan fingerprint density at radius 3 is 2.61 bits per heavy atom. The van der Waals surface area contributed by atoms with Gasteiger partial charge in [-0.15, -0.1) is 10.2 Å². The number of para-hydroxylation sites is 1. The molecule has 1 aliphatic rings. The second-order valence-corrected chi connectivity index (χ2v) is 9.69. The van der Waals surface area contributed by atoms with Crippen LogP contribution in [0.3, 0.4) is 0 Å². The largest absolute Gasteiger partial charge is 0.296 e. The van der Waals surface area contributed by atoms with Gasteiger partial charge in [0.2, 0.25) is 5.13 Å². The molecule has 2 aromatic carbocycles. The summed E-state index contributed by atoms with van der Waals surface area (Å²) in [6.45, 7) is 0. The highest BCUT2D eigenvalue weighted by Gasteiger charge is 2.25. The molecular weight excluding hydrogens is 486 g/mol. The van der Waals surface area contributed by atoms with Gasteiger partial charge in [0, 0.05) is 22.9 Å². The lowest BCUT2D eigenvalue weighted by Gasteiger charge is -2.02. The minimum absolute atomic E-state index is 0.0425. The fraction of sp³-hybridized carbons (Fsp3) is 0.0500. The van der Waals surface area contributed by atoms with E-state index in [-0.39, 0.29) is 16.5 Å². The predicted octanol–water partition coefficient (Wildman–Crippen LogP) is 4.31. The van der Waals surface area contributed by atoms with Crippen molar-refractivity contribution in [3.05, 3.63) is 80.2 Å². The lowest BCUT2D eigenvalue weighted by atomic mass is 10.1. The Morgan fingerprint density at radius 2 is 1.91 bits per heavy atom. The van der Waals surface area contributed by atoms with Gasteiger partial charge in [-0.2, -0.15) is 0 Å². The second-order valence-electron chi connectivity index (χ2n) is 6.48. The van der Waals surface area contributed by atoms with E-state index in [4.69, 9.17) is 0 Å². The van der Waals surface area contributed by atoms with Crippen LogP contribution in [-0.4, -0.2) is 32.2 Å². The van der Waals surface area contributed by atoms with Crippen molar-refractivity contribution < 1.29 is 19.3 Å². The molecule has 10 nitrogen and oxygen atoms in total. The van der Waals surface area contributed by atoms with E-state index in [1.807, 2.05) is 0 Å². The van der Waals surface area contributed by atoms with E-state index >= 15 is 0 Å². The standard InChI is InChI=1S/C20H13N5O5S3/c26-16(12-7-5-11(6-8-12)9-15-17(27)22-19(28)32-15)21-18-23-24-20(33-18)31-10-13-3-1-2-4-14(13)25(29)30/h1-9H,10H2,(H,21,23,26)(H,22,27,28)/b15-9+. The zero-order valence-corrected chi connectivity index (χ0v) is 19.0. The molecule has 1 fully saturated rings. The molecule has 1 aliphatic heterocycles. The molecule has 0 spiro atoms. The molecule has 3 aromatic rings. The van der Waals surface area contributed by atoms with E-state index in [0.29, 0.717) is 31.9 Å². The number of rotatable bonds is 7. The van der Waals surface area contributed by atoms with Crippen LogP contribution in [0.1, 0.15) is 21.5 Å². The third-order valence-corrected chi connectivity index (χ3v) is 7.11. The molecule has 0 saturated carbocycles. The molecule has 1 saturated heterocycles. The van der Waals surface area contributed by atoms with Gasteiger partial charge in [-0.25, -0.2) is 0 Å². The molecule has 2 N–H and O–H groups in total. The van der Waals surface area contributed by atoms with Crippen molar-refractivity contribution in [1.29, 1.82) is 0 Å². The maximum absolute atomic E-state index is 12.5. The average molecular weight is 500 g/mol. The predicted molar refractivity (Wildman–Crippen MR) is 126 cm³/mol. The van der Waals surface area contributed by atoms with Crippen LogP contribution < -0.4 is 10.6 Å². The van der Waals surface area contributed by atoms with Crippen LogP contribution in [0.15, 0.2) is 57.8 Å². The number of amides is 3. The highest BCUT2D eigenvalue weighted by atomic mass is 32.2. The normalized spacial score (nSPS) is 14.4. The number of nitrogens with zero attached hydrogens (tertiary/aromatic N) is 3. The summed E-state index contributed by atoms with van der Waals surface area (Å²) in [5, 5.41) is 23.8. The number of nitro benzene ring substituents is 1. The Morgan fingerprint density at radius 1 is 1.15 bits per heavy atom. The topological polar surface area (TPSA) is 144 Å². The van der Waals surface area contributed by atoms with Gasteiger partial charge >= 0.3 is 0 Å². The summed E-state index contributed by atoms with van der Waals surface area (Å²) in [4.78, 5) is 46.3. The second kappa shape index (κ2) is 9.94. The molecular formula is C20H13N5O5S3. The lowest BCUT2D eigenvalue weighted by Crippen LogP contribution is -2.17. The van der Waals surface area contributed by atoms with E-state index < -0.39 is 16.1 Å². The summed E-state index contributed by atoms with van der Waals surface area (Å²) in [6, 6.07) is 13.0. The quantitative estimate of drug-likeness (QED) is 0.160. The number of nitrogens with one attached hydrogen (secondary N) is 2. The number of hydrogen-bond donors (Lipinski definition) is 2. The van der Waals surface area contributed by atoms with Crippen LogP contribution >= 0.6 is 34.9 Å². The first kappa shape index (κ1) is 22.6. The van der Waals surface area contributed by atoms with Gasteiger partial charge in [-0.1, -0.05) is 53.4 Å². The highest BCUT2D eigenvalue weighted by Crippen LogP contribution is 2.31. The number of nitro groups is 1. The van der Waals surface area contributed by atoms with Crippen molar-refractivity contribution in [3.8, 4) is 0 Å². The summed E-state index contributed by atoms with van der Waals surface area (Å²) in [5.41, 5.74) is 1.66. The van der Waals surface area contributed by atoms with Gasteiger partial charge in [-0.3, -0.25) is 35.1 Å². The maximum Gasteiger partial charge on any atom is 0.290 e. The molecule has 0 bridgehead atoms. The monoisotopic (exact) mass is 499 g/mol. The van der Waals surface area contributed by atoms with Crippen molar-refractivity contribution in [2.45, 2.75) is 10.1 Å². The van der Waals surface area contributed by atoms with E-state index in [1.165, 1.54) is 17.8 Å². The van der Waals surface area contributed by atoms with E-state index in [0.717, 1.165) is 23.1 Å². The number of benzene rings is 2. The first-order chi connectivity index (χ1) is 15.9. The fourth-order valence-electron chi connectivity index (χ4n) is 2.74. The first-order valence-electron chi connectivity index (χ1n) is 9.24. The summed E-state index contributed by atoms with van der Waals surface area (Å²) < 4.78 is 0.562. The number of carbonyl (C=O) groups is 3. The fourth-order valence-corrected chi connectivity index (χ4v) is 5.17. The summed E-state index contributed by atoms with van der Waals surface area (Å²) >= 11 is 3.28. The zero-order chi connectivity index (χ0) is 23.4.